The largest absolute Gasteiger partial charge is 0.328 e. The minimum Gasteiger partial charge on any atom is -0.328 e. The first-order chi connectivity index (χ1) is 8.08. The van der Waals surface area contributed by atoms with Crippen molar-refractivity contribution in [3.63, 3.8) is 0 Å². The number of nitrogens with zero attached hydrogens (tertiary/aromatic N) is 3. The fourth-order valence-corrected chi connectivity index (χ4v) is 1.89. The highest BCUT2D eigenvalue weighted by atomic mass is 35.5. The van der Waals surface area contributed by atoms with Crippen molar-refractivity contribution in [1.29, 1.82) is 0 Å². The van der Waals surface area contributed by atoms with E-state index in [4.69, 9.17) is 11.6 Å². The Morgan fingerprint density at radius 1 is 1.06 bits per heavy atom. The van der Waals surface area contributed by atoms with Crippen LogP contribution in [0.5, 0.6) is 0 Å². The summed E-state index contributed by atoms with van der Waals surface area (Å²) >= 11 is 5.72. The molecule has 1 aromatic heterocycles. The van der Waals surface area contributed by atoms with Crippen LogP contribution >= 0.6 is 11.6 Å². The molecule has 2 rings (SSSR count). The van der Waals surface area contributed by atoms with Crippen LogP contribution in [0.4, 0.5) is 11.5 Å². The number of aryl methyl sites for hydroxylation is 2. The predicted molar refractivity (Wildman–Crippen MR) is 71.0 cm³/mol. The molecule has 2 aromatic rings. The fraction of sp³-hybridized carbons (Fsp3) is 0.231. The van der Waals surface area contributed by atoms with E-state index in [2.05, 4.69) is 42.2 Å². The van der Waals surface area contributed by atoms with E-state index >= 15 is 0 Å². The molecule has 0 saturated heterocycles. The molecule has 0 aliphatic carbocycles. The first kappa shape index (κ1) is 11.9. The first-order valence-corrected chi connectivity index (χ1v) is 5.76. The molecular formula is C13H14ClN3. The van der Waals surface area contributed by atoms with Crippen LogP contribution < -0.4 is 4.90 Å². The van der Waals surface area contributed by atoms with Crippen molar-refractivity contribution in [3.05, 3.63) is 46.6 Å². The van der Waals surface area contributed by atoms with E-state index in [1.807, 2.05) is 18.0 Å². The molecule has 4 heteroatoms. The van der Waals surface area contributed by atoms with Gasteiger partial charge in [-0.15, -0.1) is 10.2 Å². The molecular weight excluding hydrogens is 234 g/mol. The van der Waals surface area contributed by atoms with Crippen LogP contribution in [-0.2, 0) is 0 Å². The molecule has 0 unspecified atom stereocenters. The molecule has 0 aliphatic heterocycles. The maximum atomic E-state index is 5.72. The Morgan fingerprint density at radius 3 is 2.41 bits per heavy atom. The zero-order valence-electron chi connectivity index (χ0n) is 10.1. The highest BCUT2D eigenvalue weighted by Crippen LogP contribution is 2.25. The monoisotopic (exact) mass is 247 g/mol. The van der Waals surface area contributed by atoms with E-state index < -0.39 is 0 Å². The number of benzene rings is 1. The molecule has 3 nitrogen and oxygen atoms in total. The van der Waals surface area contributed by atoms with Gasteiger partial charge in [0.2, 0.25) is 0 Å². The number of hydrogen-bond acceptors (Lipinski definition) is 3. The maximum absolute atomic E-state index is 5.72. The lowest BCUT2D eigenvalue weighted by atomic mass is 10.1. The number of anilines is 2. The lowest BCUT2D eigenvalue weighted by Crippen LogP contribution is -2.13. The van der Waals surface area contributed by atoms with Gasteiger partial charge in [-0.25, -0.2) is 0 Å². The Kier molecular flexibility index (Phi) is 3.29. The molecule has 17 heavy (non-hydrogen) atoms. The Morgan fingerprint density at radius 2 is 1.82 bits per heavy atom. The van der Waals surface area contributed by atoms with E-state index in [0.717, 1.165) is 11.5 Å². The lowest BCUT2D eigenvalue weighted by molar-refractivity contribution is 0.985. The van der Waals surface area contributed by atoms with Crippen LogP contribution in [0.1, 0.15) is 11.1 Å². The van der Waals surface area contributed by atoms with Crippen molar-refractivity contribution in [2.45, 2.75) is 13.8 Å². The molecule has 88 valence electrons. The quantitative estimate of drug-likeness (QED) is 0.813. The number of halogens is 1. The summed E-state index contributed by atoms with van der Waals surface area (Å²) in [5.74, 6) is 0.779. The smallest absolute Gasteiger partial charge is 0.155 e. The summed E-state index contributed by atoms with van der Waals surface area (Å²) in [6.07, 6.45) is 0. The Bertz CT molecular complexity index is 523. The van der Waals surface area contributed by atoms with Gasteiger partial charge in [0.25, 0.3) is 0 Å². The predicted octanol–water partition coefficient (Wildman–Crippen LogP) is 3.51. The highest BCUT2D eigenvalue weighted by Gasteiger charge is 2.08. The average Bonchev–Trinajstić information content (AvgIpc) is 2.29. The SMILES string of the molecule is Cc1ccc(N(C)c2ccc(Cl)nn2)c(C)c1. The summed E-state index contributed by atoms with van der Waals surface area (Å²) in [6.45, 7) is 4.17. The molecule has 0 aliphatic rings. The van der Waals surface area contributed by atoms with Crippen LogP contribution in [0, 0.1) is 13.8 Å². The third-order valence-electron chi connectivity index (χ3n) is 2.68. The third-order valence-corrected chi connectivity index (χ3v) is 2.88. The zero-order chi connectivity index (χ0) is 12.4. The summed E-state index contributed by atoms with van der Waals surface area (Å²) in [7, 11) is 1.97. The summed E-state index contributed by atoms with van der Waals surface area (Å²) in [6, 6.07) is 9.91. The second-order valence-electron chi connectivity index (χ2n) is 4.06. The van der Waals surface area contributed by atoms with Gasteiger partial charge in [0.15, 0.2) is 11.0 Å². The fourth-order valence-electron chi connectivity index (χ4n) is 1.79. The second kappa shape index (κ2) is 4.72. The molecule has 1 aromatic carbocycles. The van der Waals surface area contributed by atoms with E-state index in [1.165, 1.54) is 11.1 Å². The Labute approximate surface area is 106 Å². The van der Waals surface area contributed by atoms with Gasteiger partial charge in [0.1, 0.15) is 0 Å². The van der Waals surface area contributed by atoms with Crippen LogP contribution in [0.25, 0.3) is 0 Å². The lowest BCUT2D eigenvalue weighted by Gasteiger charge is -2.20. The Balaban J connectivity index is 2.36. The van der Waals surface area contributed by atoms with Gasteiger partial charge in [-0.05, 0) is 37.6 Å². The summed E-state index contributed by atoms with van der Waals surface area (Å²) in [4.78, 5) is 2.00. The number of hydrogen-bond donors (Lipinski definition) is 0. The van der Waals surface area contributed by atoms with Crippen LogP contribution in [0.3, 0.4) is 0 Å². The van der Waals surface area contributed by atoms with E-state index in [0.29, 0.717) is 5.15 Å². The van der Waals surface area contributed by atoms with Gasteiger partial charge in [-0.3, -0.25) is 0 Å². The minimum atomic E-state index is 0.405. The van der Waals surface area contributed by atoms with Crippen LogP contribution in [0.2, 0.25) is 5.15 Å². The molecule has 0 saturated carbocycles. The van der Waals surface area contributed by atoms with Crippen molar-refractivity contribution in [3.8, 4) is 0 Å². The molecule has 0 amide bonds. The normalized spacial score (nSPS) is 10.4. The molecule has 0 fully saturated rings. The molecule has 0 atom stereocenters. The summed E-state index contributed by atoms with van der Waals surface area (Å²) in [5.41, 5.74) is 3.58. The second-order valence-corrected chi connectivity index (χ2v) is 4.45. The van der Waals surface area contributed by atoms with Crippen molar-refractivity contribution < 1.29 is 0 Å². The summed E-state index contributed by atoms with van der Waals surface area (Å²) in [5, 5.41) is 8.31. The van der Waals surface area contributed by atoms with Gasteiger partial charge in [0.05, 0.1) is 0 Å². The molecule has 0 spiro atoms. The summed E-state index contributed by atoms with van der Waals surface area (Å²) < 4.78 is 0. The van der Waals surface area contributed by atoms with Crippen molar-refractivity contribution in [2.24, 2.45) is 0 Å². The Hall–Kier alpha value is -1.61. The minimum absolute atomic E-state index is 0.405. The van der Waals surface area contributed by atoms with Gasteiger partial charge in [0, 0.05) is 12.7 Å². The standard InChI is InChI=1S/C13H14ClN3/c1-9-4-5-11(10(2)8-9)17(3)13-7-6-12(14)15-16-13/h4-8H,1-3H3. The maximum Gasteiger partial charge on any atom is 0.155 e. The molecule has 0 bridgehead atoms. The van der Waals surface area contributed by atoms with Crippen molar-refractivity contribution >= 4 is 23.1 Å². The average molecular weight is 248 g/mol. The molecule has 1 heterocycles. The topological polar surface area (TPSA) is 29.0 Å². The van der Waals surface area contributed by atoms with Crippen molar-refractivity contribution in [2.75, 3.05) is 11.9 Å². The van der Waals surface area contributed by atoms with Gasteiger partial charge in [-0.1, -0.05) is 29.3 Å². The van der Waals surface area contributed by atoms with E-state index in [1.54, 1.807) is 6.07 Å². The van der Waals surface area contributed by atoms with Gasteiger partial charge < -0.3 is 4.90 Å². The van der Waals surface area contributed by atoms with Crippen LogP contribution in [0.15, 0.2) is 30.3 Å². The van der Waals surface area contributed by atoms with Gasteiger partial charge in [-0.2, -0.15) is 0 Å². The van der Waals surface area contributed by atoms with Gasteiger partial charge >= 0.3 is 0 Å². The van der Waals surface area contributed by atoms with E-state index in [-0.39, 0.29) is 0 Å². The van der Waals surface area contributed by atoms with Crippen molar-refractivity contribution in [1.82, 2.24) is 10.2 Å². The zero-order valence-corrected chi connectivity index (χ0v) is 10.9. The number of rotatable bonds is 2. The first-order valence-electron chi connectivity index (χ1n) is 5.38. The third kappa shape index (κ3) is 2.56. The number of aromatic nitrogens is 2. The van der Waals surface area contributed by atoms with Crippen LogP contribution in [-0.4, -0.2) is 17.2 Å². The molecule has 0 radical (unpaired) electrons. The van der Waals surface area contributed by atoms with E-state index in [9.17, 15) is 0 Å². The highest BCUT2D eigenvalue weighted by molar-refractivity contribution is 6.29. The molecule has 0 N–H and O–H groups in total.